The highest BCUT2D eigenvalue weighted by molar-refractivity contribution is 5.87. The molecule has 2 aromatic carbocycles. The summed E-state index contributed by atoms with van der Waals surface area (Å²) in [4.78, 5) is 6.99. The van der Waals surface area contributed by atoms with E-state index in [0.717, 1.165) is 42.1 Å². The third kappa shape index (κ3) is 2.97. The Morgan fingerprint density at radius 2 is 1.82 bits per heavy atom. The number of benzene rings is 2. The average Bonchev–Trinajstić information content (AvgIpc) is 2.85. The van der Waals surface area contributed by atoms with Crippen LogP contribution in [-0.2, 0) is 13.0 Å². The quantitative estimate of drug-likeness (QED) is 0.736. The minimum atomic E-state index is 0.746. The van der Waals surface area contributed by atoms with E-state index < -0.39 is 0 Å². The van der Waals surface area contributed by atoms with Gasteiger partial charge in [-0.25, -0.2) is 4.98 Å². The van der Waals surface area contributed by atoms with E-state index in [2.05, 4.69) is 53.9 Å². The maximum atomic E-state index is 6.10. The zero-order chi connectivity index (χ0) is 15.5. The van der Waals surface area contributed by atoms with Crippen LogP contribution in [0.4, 0.5) is 5.69 Å². The standard InChI is InChI=1S/C18H22N4/c1-21(2)11-12-22-16-10-6-9-15(19)18(16)20-17(22)13-14-7-4-3-5-8-14/h3-10H,11-13,19H2,1-2H3. The van der Waals surface area contributed by atoms with Crippen molar-refractivity contribution in [3.05, 3.63) is 59.9 Å². The van der Waals surface area contributed by atoms with Crippen LogP contribution in [0.1, 0.15) is 11.4 Å². The van der Waals surface area contributed by atoms with Crippen molar-refractivity contribution in [2.45, 2.75) is 13.0 Å². The third-order valence-corrected chi connectivity index (χ3v) is 3.87. The van der Waals surface area contributed by atoms with Gasteiger partial charge in [0.2, 0.25) is 0 Å². The maximum Gasteiger partial charge on any atom is 0.114 e. The number of imidazole rings is 1. The molecule has 1 aromatic heterocycles. The Hall–Kier alpha value is -2.33. The van der Waals surface area contributed by atoms with Crippen molar-refractivity contribution in [1.29, 1.82) is 0 Å². The van der Waals surface area contributed by atoms with Crippen molar-refractivity contribution >= 4 is 16.7 Å². The van der Waals surface area contributed by atoms with E-state index in [1.165, 1.54) is 5.56 Å². The van der Waals surface area contributed by atoms with Crippen LogP contribution in [0.5, 0.6) is 0 Å². The molecular weight excluding hydrogens is 272 g/mol. The van der Waals surface area contributed by atoms with Crippen molar-refractivity contribution in [3.8, 4) is 0 Å². The van der Waals surface area contributed by atoms with E-state index in [9.17, 15) is 0 Å². The molecule has 2 N–H and O–H groups in total. The molecule has 22 heavy (non-hydrogen) atoms. The van der Waals surface area contributed by atoms with Gasteiger partial charge in [0.15, 0.2) is 0 Å². The van der Waals surface area contributed by atoms with Crippen molar-refractivity contribution in [2.75, 3.05) is 26.4 Å². The third-order valence-electron chi connectivity index (χ3n) is 3.87. The number of fused-ring (bicyclic) bond motifs is 1. The average molecular weight is 294 g/mol. The van der Waals surface area contributed by atoms with E-state index in [4.69, 9.17) is 10.7 Å². The number of nitrogens with two attached hydrogens (primary N) is 1. The number of likely N-dealkylation sites (N-methyl/N-ethyl adjacent to an activating group) is 1. The Balaban J connectivity index is 2.03. The first kappa shape index (κ1) is 14.6. The first-order valence-electron chi connectivity index (χ1n) is 7.57. The van der Waals surface area contributed by atoms with Crippen LogP contribution in [0.2, 0.25) is 0 Å². The summed E-state index contributed by atoms with van der Waals surface area (Å²) in [5.74, 6) is 1.07. The Morgan fingerprint density at radius 3 is 2.55 bits per heavy atom. The molecule has 0 aliphatic heterocycles. The predicted molar refractivity (Wildman–Crippen MR) is 91.9 cm³/mol. The highest BCUT2D eigenvalue weighted by Crippen LogP contribution is 2.23. The molecule has 0 spiro atoms. The minimum Gasteiger partial charge on any atom is -0.397 e. The molecule has 1 heterocycles. The predicted octanol–water partition coefficient (Wildman–Crippen LogP) is 2.77. The van der Waals surface area contributed by atoms with Gasteiger partial charge in [0, 0.05) is 19.5 Å². The van der Waals surface area contributed by atoms with Gasteiger partial charge in [0.05, 0.1) is 11.2 Å². The van der Waals surface area contributed by atoms with Gasteiger partial charge in [-0.2, -0.15) is 0 Å². The number of rotatable bonds is 5. The van der Waals surface area contributed by atoms with Crippen molar-refractivity contribution in [3.63, 3.8) is 0 Å². The van der Waals surface area contributed by atoms with Crippen LogP contribution in [0.3, 0.4) is 0 Å². The van der Waals surface area contributed by atoms with Gasteiger partial charge in [0.25, 0.3) is 0 Å². The summed E-state index contributed by atoms with van der Waals surface area (Å²) in [5, 5.41) is 0. The fraction of sp³-hybridized carbons (Fsp3) is 0.278. The molecule has 0 amide bonds. The normalized spacial score (nSPS) is 11.4. The van der Waals surface area contributed by atoms with Gasteiger partial charge in [-0.1, -0.05) is 36.4 Å². The largest absolute Gasteiger partial charge is 0.397 e. The summed E-state index contributed by atoms with van der Waals surface area (Å²) in [6.07, 6.45) is 0.822. The maximum absolute atomic E-state index is 6.10. The first-order valence-corrected chi connectivity index (χ1v) is 7.57. The fourth-order valence-electron chi connectivity index (χ4n) is 2.68. The summed E-state index contributed by atoms with van der Waals surface area (Å²) < 4.78 is 2.29. The van der Waals surface area contributed by atoms with Gasteiger partial charge >= 0.3 is 0 Å². The number of nitrogen functional groups attached to an aromatic ring is 1. The molecular formula is C18H22N4. The van der Waals surface area contributed by atoms with Crippen LogP contribution < -0.4 is 5.73 Å². The molecule has 0 radical (unpaired) electrons. The molecule has 0 aliphatic rings. The lowest BCUT2D eigenvalue weighted by Crippen LogP contribution is -2.19. The zero-order valence-corrected chi connectivity index (χ0v) is 13.2. The molecule has 4 nitrogen and oxygen atoms in total. The first-order chi connectivity index (χ1) is 10.6. The summed E-state index contributed by atoms with van der Waals surface area (Å²) in [6.45, 7) is 1.89. The van der Waals surface area contributed by atoms with E-state index in [1.54, 1.807) is 0 Å². The molecule has 0 saturated heterocycles. The second kappa shape index (κ2) is 6.20. The van der Waals surface area contributed by atoms with E-state index >= 15 is 0 Å². The summed E-state index contributed by atoms with van der Waals surface area (Å²) in [7, 11) is 4.18. The van der Waals surface area contributed by atoms with Gasteiger partial charge in [0.1, 0.15) is 11.3 Å². The second-order valence-electron chi connectivity index (χ2n) is 5.86. The Labute approximate surface area is 131 Å². The minimum absolute atomic E-state index is 0.746. The number of nitrogens with zero attached hydrogens (tertiary/aromatic N) is 3. The zero-order valence-electron chi connectivity index (χ0n) is 13.2. The lowest BCUT2D eigenvalue weighted by atomic mass is 10.1. The van der Waals surface area contributed by atoms with Gasteiger partial charge in [-0.15, -0.1) is 0 Å². The number of aromatic nitrogens is 2. The number of para-hydroxylation sites is 1. The van der Waals surface area contributed by atoms with Crippen molar-refractivity contribution in [2.24, 2.45) is 0 Å². The molecule has 0 unspecified atom stereocenters. The summed E-state index contributed by atoms with van der Waals surface area (Å²) in [5.41, 5.74) is 10.1. The number of hydrogen-bond donors (Lipinski definition) is 1. The summed E-state index contributed by atoms with van der Waals surface area (Å²) >= 11 is 0. The summed E-state index contributed by atoms with van der Waals surface area (Å²) in [6, 6.07) is 16.5. The smallest absolute Gasteiger partial charge is 0.114 e. The van der Waals surface area contributed by atoms with Crippen LogP contribution in [0.15, 0.2) is 48.5 Å². The van der Waals surface area contributed by atoms with Crippen LogP contribution in [0, 0.1) is 0 Å². The molecule has 4 heteroatoms. The number of anilines is 1. The molecule has 0 atom stereocenters. The van der Waals surface area contributed by atoms with Gasteiger partial charge in [-0.3, -0.25) is 0 Å². The Kier molecular flexibility index (Phi) is 4.11. The van der Waals surface area contributed by atoms with Crippen LogP contribution in [0.25, 0.3) is 11.0 Å². The van der Waals surface area contributed by atoms with E-state index in [-0.39, 0.29) is 0 Å². The van der Waals surface area contributed by atoms with E-state index in [0.29, 0.717) is 0 Å². The molecule has 0 saturated carbocycles. The second-order valence-corrected chi connectivity index (χ2v) is 5.86. The SMILES string of the molecule is CN(C)CCn1c(Cc2ccccc2)nc2c(N)cccc21. The topological polar surface area (TPSA) is 47.1 Å². The lowest BCUT2D eigenvalue weighted by molar-refractivity contribution is 0.384. The van der Waals surface area contributed by atoms with Gasteiger partial charge in [-0.05, 0) is 31.8 Å². The molecule has 3 aromatic rings. The highest BCUT2D eigenvalue weighted by atomic mass is 15.1. The molecule has 3 rings (SSSR count). The Bertz CT molecular complexity index is 759. The fourth-order valence-corrected chi connectivity index (χ4v) is 2.68. The van der Waals surface area contributed by atoms with E-state index in [1.807, 2.05) is 18.2 Å². The highest BCUT2D eigenvalue weighted by Gasteiger charge is 2.13. The van der Waals surface area contributed by atoms with Gasteiger partial charge < -0.3 is 15.2 Å². The number of hydrogen-bond acceptors (Lipinski definition) is 3. The molecule has 0 aliphatic carbocycles. The van der Waals surface area contributed by atoms with Crippen LogP contribution >= 0.6 is 0 Å². The van der Waals surface area contributed by atoms with Crippen molar-refractivity contribution < 1.29 is 0 Å². The molecule has 0 fully saturated rings. The molecule has 114 valence electrons. The monoisotopic (exact) mass is 294 g/mol. The molecule has 0 bridgehead atoms. The van der Waals surface area contributed by atoms with Crippen LogP contribution in [-0.4, -0.2) is 35.1 Å². The lowest BCUT2D eigenvalue weighted by Gasteiger charge is -2.13. The Morgan fingerprint density at radius 1 is 1.05 bits per heavy atom. The van der Waals surface area contributed by atoms with Crippen molar-refractivity contribution in [1.82, 2.24) is 14.5 Å².